The normalized spacial score (nSPS) is 17.2. The number of rotatable bonds is 7. The summed E-state index contributed by atoms with van der Waals surface area (Å²) >= 11 is 5.78. The van der Waals surface area contributed by atoms with Crippen molar-refractivity contribution in [2.45, 2.75) is 38.6 Å². The minimum atomic E-state index is -1.41. The summed E-state index contributed by atoms with van der Waals surface area (Å²) in [5.41, 5.74) is 1.18. The van der Waals surface area contributed by atoms with Gasteiger partial charge in [-0.2, -0.15) is 0 Å². The molecule has 0 unspecified atom stereocenters. The van der Waals surface area contributed by atoms with E-state index in [9.17, 15) is 28.0 Å². The van der Waals surface area contributed by atoms with Gasteiger partial charge in [0.2, 0.25) is 11.8 Å². The second kappa shape index (κ2) is 10.7. The number of amides is 2. The highest BCUT2D eigenvalue weighted by atomic mass is 35.5. The zero-order valence-corrected chi connectivity index (χ0v) is 20.9. The van der Waals surface area contributed by atoms with Crippen LogP contribution in [0.5, 0.6) is 0 Å². The molecule has 8 nitrogen and oxygen atoms in total. The van der Waals surface area contributed by atoms with E-state index in [1.165, 1.54) is 55.1 Å². The molecule has 1 N–H and O–H groups in total. The van der Waals surface area contributed by atoms with Crippen molar-refractivity contribution in [2.75, 3.05) is 13.7 Å². The SMILES string of the molecule is COC(=O)c1ccc2c(C(C)=O)cn(CC(=O)N3C[C@H](F)C[C@H]3C(=O)NCc3cccc(Cl)c3F)c2c1. The van der Waals surface area contributed by atoms with E-state index in [1.807, 2.05) is 0 Å². The standard InChI is InChI=1S/C26H24ClF2N3O5/c1-14(33)19-12-31(21-8-15(26(36)37-2)6-7-18(19)21)13-23(34)32-11-17(28)9-22(32)25(35)30-10-16-4-3-5-20(27)24(16)29/h3-8,12,17,22H,9-11,13H2,1-2H3,(H,30,35)/t17-,22+/m1/s1. The van der Waals surface area contributed by atoms with Crippen molar-refractivity contribution in [3.05, 3.63) is 70.1 Å². The van der Waals surface area contributed by atoms with Crippen molar-refractivity contribution in [2.24, 2.45) is 0 Å². The summed E-state index contributed by atoms with van der Waals surface area (Å²) < 4.78 is 34.8. The Bertz CT molecular complexity index is 1410. The predicted molar refractivity (Wildman–Crippen MR) is 132 cm³/mol. The van der Waals surface area contributed by atoms with Gasteiger partial charge in [-0.15, -0.1) is 0 Å². The zero-order chi connectivity index (χ0) is 26.9. The average Bonchev–Trinajstić information content (AvgIpc) is 3.44. The maximum absolute atomic E-state index is 14.4. The molecule has 0 spiro atoms. The van der Waals surface area contributed by atoms with Gasteiger partial charge in [0.15, 0.2) is 5.78 Å². The molecule has 2 amide bonds. The van der Waals surface area contributed by atoms with E-state index in [4.69, 9.17) is 16.3 Å². The monoisotopic (exact) mass is 531 g/mol. The van der Waals surface area contributed by atoms with E-state index in [0.717, 1.165) is 4.90 Å². The van der Waals surface area contributed by atoms with Gasteiger partial charge in [0, 0.05) is 35.7 Å². The van der Waals surface area contributed by atoms with E-state index in [2.05, 4.69) is 5.32 Å². The first-order valence-electron chi connectivity index (χ1n) is 11.5. The lowest BCUT2D eigenvalue weighted by Crippen LogP contribution is -2.46. The Morgan fingerprint density at radius 1 is 1.19 bits per heavy atom. The largest absolute Gasteiger partial charge is 0.465 e. The number of halogens is 3. The van der Waals surface area contributed by atoms with Gasteiger partial charge in [-0.25, -0.2) is 13.6 Å². The van der Waals surface area contributed by atoms with E-state index < -0.39 is 35.8 Å². The maximum atomic E-state index is 14.4. The highest BCUT2D eigenvalue weighted by Crippen LogP contribution is 2.26. The molecule has 11 heteroatoms. The number of ketones is 1. The van der Waals surface area contributed by atoms with Gasteiger partial charge in [0.05, 0.1) is 29.8 Å². The first-order chi connectivity index (χ1) is 17.6. The van der Waals surface area contributed by atoms with E-state index in [-0.39, 0.29) is 48.0 Å². The number of Topliss-reactive ketones (excluding diaryl/α,β-unsaturated/α-hetero) is 1. The molecule has 2 heterocycles. The molecule has 0 saturated carbocycles. The molecule has 0 radical (unpaired) electrons. The molecule has 3 aromatic rings. The molecular weight excluding hydrogens is 508 g/mol. The van der Waals surface area contributed by atoms with Gasteiger partial charge in [0.1, 0.15) is 24.6 Å². The summed E-state index contributed by atoms with van der Waals surface area (Å²) in [4.78, 5) is 51.4. The number of hydrogen-bond donors (Lipinski definition) is 1. The van der Waals surface area contributed by atoms with Crippen molar-refractivity contribution in [3.63, 3.8) is 0 Å². The van der Waals surface area contributed by atoms with Crippen LogP contribution in [0.3, 0.4) is 0 Å². The van der Waals surface area contributed by atoms with Gasteiger partial charge < -0.3 is 19.5 Å². The number of nitrogens with one attached hydrogen (secondary N) is 1. The average molecular weight is 532 g/mol. The van der Waals surface area contributed by atoms with Crippen LogP contribution in [-0.2, 0) is 27.4 Å². The number of fused-ring (bicyclic) bond motifs is 1. The van der Waals surface area contributed by atoms with Crippen LogP contribution in [-0.4, -0.2) is 58.9 Å². The molecule has 0 aliphatic carbocycles. The van der Waals surface area contributed by atoms with Gasteiger partial charge in [0.25, 0.3) is 0 Å². The molecule has 1 fully saturated rings. The first kappa shape index (κ1) is 26.3. The number of carbonyl (C=O) groups excluding carboxylic acids is 4. The number of nitrogens with zero attached hydrogens (tertiary/aromatic N) is 2. The molecule has 1 aliphatic heterocycles. The minimum Gasteiger partial charge on any atom is -0.465 e. The predicted octanol–water partition coefficient (Wildman–Crippen LogP) is 3.68. The number of esters is 1. The van der Waals surface area contributed by atoms with Gasteiger partial charge in [-0.1, -0.05) is 29.8 Å². The minimum absolute atomic E-state index is 0.0903. The third kappa shape index (κ3) is 5.34. The molecule has 2 aromatic carbocycles. The van der Waals surface area contributed by atoms with Crippen LogP contribution in [0.25, 0.3) is 10.9 Å². The maximum Gasteiger partial charge on any atom is 0.337 e. The van der Waals surface area contributed by atoms with Crippen molar-refractivity contribution in [1.82, 2.24) is 14.8 Å². The van der Waals surface area contributed by atoms with Crippen molar-refractivity contribution < 1.29 is 32.7 Å². The van der Waals surface area contributed by atoms with Crippen LogP contribution < -0.4 is 5.32 Å². The topological polar surface area (TPSA) is 97.7 Å². The smallest absolute Gasteiger partial charge is 0.337 e. The van der Waals surface area contributed by atoms with Crippen LogP contribution in [0.15, 0.2) is 42.6 Å². The third-order valence-electron chi connectivity index (χ3n) is 6.35. The van der Waals surface area contributed by atoms with Crippen molar-refractivity contribution >= 4 is 46.1 Å². The van der Waals surface area contributed by atoms with Gasteiger partial charge in [-0.05, 0) is 25.1 Å². The number of alkyl halides is 1. The van der Waals surface area contributed by atoms with Gasteiger partial charge in [-0.3, -0.25) is 14.4 Å². The van der Waals surface area contributed by atoms with Crippen molar-refractivity contribution in [1.29, 1.82) is 0 Å². The fourth-order valence-corrected chi connectivity index (χ4v) is 4.67. The Morgan fingerprint density at radius 3 is 2.65 bits per heavy atom. The molecule has 1 saturated heterocycles. The van der Waals surface area contributed by atoms with E-state index >= 15 is 0 Å². The second-order valence-electron chi connectivity index (χ2n) is 8.78. The summed E-state index contributed by atoms with van der Waals surface area (Å²) in [7, 11) is 1.24. The highest BCUT2D eigenvalue weighted by molar-refractivity contribution is 6.30. The van der Waals surface area contributed by atoms with Crippen LogP contribution in [0, 0.1) is 5.82 Å². The Morgan fingerprint density at radius 2 is 1.95 bits per heavy atom. The Labute approximate surface area is 216 Å². The number of carbonyl (C=O) groups is 4. The Hall–Kier alpha value is -3.79. The summed E-state index contributed by atoms with van der Waals surface area (Å²) in [5.74, 6) is -2.66. The van der Waals surface area contributed by atoms with Crippen LogP contribution >= 0.6 is 11.6 Å². The highest BCUT2D eigenvalue weighted by Gasteiger charge is 2.39. The molecule has 1 aliphatic rings. The van der Waals surface area contributed by atoms with Crippen LogP contribution in [0.2, 0.25) is 5.02 Å². The van der Waals surface area contributed by atoms with Gasteiger partial charge >= 0.3 is 5.97 Å². The summed E-state index contributed by atoms with van der Waals surface area (Å²) in [6.45, 7) is 0.621. The molecule has 4 rings (SSSR count). The molecule has 0 bridgehead atoms. The lowest BCUT2D eigenvalue weighted by molar-refractivity contribution is -0.139. The third-order valence-corrected chi connectivity index (χ3v) is 6.64. The first-order valence-corrected chi connectivity index (χ1v) is 11.8. The van der Waals surface area contributed by atoms with E-state index in [0.29, 0.717) is 16.5 Å². The number of methoxy groups -OCH3 is 1. The Kier molecular flexibility index (Phi) is 7.58. The molecule has 37 heavy (non-hydrogen) atoms. The number of hydrogen-bond acceptors (Lipinski definition) is 5. The number of benzene rings is 2. The Balaban J connectivity index is 1.56. The molecule has 194 valence electrons. The lowest BCUT2D eigenvalue weighted by atomic mass is 10.1. The van der Waals surface area contributed by atoms with Crippen molar-refractivity contribution in [3.8, 4) is 0 Å². The molecular formula is C26H24ClF2N3O5. The van der Waals surface area contributed by atoms with E-state index in [1.54, 1.807) is 6.07 Å². The molecule has 2 atom stereocenters. The number of aromatic nitrogens is 1. The second-order valence-corrected chi connectivity index (χ2v) is 9.18. The number of ether oxygens (including phenoxy) is 1. The molecule has 1 aromatic heterocycles. The zero-order valence-electron chi connectivity index (χ0n) is 20.1. The van der Waals surface area contributed by atoms with Crippen LogP contribution in [0.4, 0.5) is 8.78 Å². The van der Waals surface area contributed by atoms with Crippen LogP contribution in [0.1, 0.15) is 39.6 Å². The fourth-order valence-electron chi connectivity index (χ4n) is 4.48. The quantitative estimate of drug-likeness (QED) is 0.370. The lowest BCUT2D eigenvalue weighted by Gasteiger charge is -2.24. The number of likely N-dealkylation sites (tertiary alicyclic amines) is 1. The summed E-state index contributed by atoms with van der Waals surface area (Å²) in [6, 6.07) is 7.91. The summed E-state index contributed by atoms with van der Waals surface area (Å²) in [6.07, 6.45) is -0.123. The summed E-state index contributed by atoms with van der Waals surface area (Å²) in [5, 5.41) is 3.00. The fraction of sp³-hybridized carbons (Fsp3) is 0.308.